The molecule has 2 rings (SSSR count). The quantitative estimate of drug-likeness (QED) is 0.758. The standard InChI is InChI=1S/C10H9FN2S/c1-2-7-6-14-10(13-7)9-8(11)4-3-5-12-9/h3-6H,2H2,1H3. The summed E-state index contributed by atoms with van der Waals surface area (Å²) in [4.78, 5) is 8.24. The summed E-state index contributed by atoms with van der Waals surface area (Å²) < 4.78 is 13.3. The van der Waals surface area contributed by atoms with Crippen molar-refractivity contribution in [3.8, 4) is 10.7 Å². The van der Waals surface area contributed by atoms with Crippen LogP contribution in [0.1, 0.15) is 12.6 Å². The summed E-state index contributed by atoms with van der Waals surface area (Å²) in [6.07, 6.45) is 2.44. The van der Waals surface area contributed by atoms with Gasteiger partial charge >= 0.3 is 0 Å². The van der Waals surface area contributed by atoms with Crippen LogP contribution in [0, 0.1) is 5.82 Å². The highest BCUT2D eigenvalue weighted by Crippen LogP contribution is 2.23. The Labute approximate surface area is 85.5 Å². The first-order valence-electron chi connectivity index (χ1n) is 4.36. The molecule has 0 fully saturated rings. The van der Waals surface area contributed by atoms with Gasteiger partial charge in [-0.15, -0.1) is 11.3 Å². The molecule has 0 aliphatic heterocycles. The summed E-state index contributed by atoms with van der Waals surface area (Å²) in [5.41, 5.74) is 1.33. The molecule has 0 atom stereocenters. The Hall–Kier alpha value is -1.29. The highest BCUT2D eigenvalue weighted by molar-refractivity contribution is 7.13. The van der Waals surface area contributed by atoms with Crippen molar-refractivity contribution in [3.05, 3.63) is 35.2 Å². The van der Waals surface area contributed by atoms with Crippen molar-refractivity contribution < 1.29 is 4.39 Å². The van der Waals surface area contributed by atoms with E-state index in [1.54, 1.807) is 12.3 Å². The third kappa shape index (κ3) is 1.65. The first-order chi connectivity index (χ1) is 6.81. The second kappa shape index (κ2) is 3.84. The number of halogens is 1. The highest BCUT2D eigenvalue weighted by atomic mass is 32.1. The third-order valence-corrected chi connectivity index (χ3v) is 2.77. The van der Waals surface area contributed by atoms with Crippen LogP contribution >= 0.6 is 11.3 Å². The van der Waals surface area contributed by atoms with E-state index in [4.69, 9.17) is 0 Å². The van der Waals surface area contributed by atoms with Gasteiger partial charge in [-0.25, -0.2) is 9.37 Å². The predicted octanol–water partition coefficient (Wildman–Crippen LogP) is 2.91. The molecule has 0 spiro atoms. The number of rotatable bonds is 2. The molecule has 72 valence electrons. The van der Waals surface area contributed by atoms with Crippen molar-refractivity contribution in [2.45, 2.75) is 13.3 Å². The Morgan fingerprint density at radius 3 is 3.00 bits per heavy atom. The maximum atomic E-state index is 13.3. The van der Waals surface area contributed by atoms with Gasteiger partial charge in [0.2, 0.25) is 0 Å². The number of hydrogen-bond acceptors (Lipinski definition) is 3. The van der Waals surface area contributed by atoms with E-state index in [2.05, 4.69) is 9.97 Å². The van der Waals surface area contributed by atoms with Crippen LogP contribution < -0.4 is 0 Å². The van der Waals surface area contributed by atoms with Gasteiger partial charge in [-0.3, -0.25) is 4.98 Å². The number of aryl methyl sites for hydroxylation is 1. The summed E-state index contributed by atoms with van der Waals surface area (Å²) in [7, 11) is 0. The van der Waals surface area contributed by atoms with Crippen LogP contribution in [-0.4, -0.2) is 9.97 Å². The van der Waals surface area contributed by atoms with E-state index < -0.39 is 0 Å². The normalized spacial score (nSPS) is 10.4. The lowest BCUT2D eigenvalue weighted by molar-refractivity contribution is 0.625. The molecule has 0 aromatic carbocycles. The number of aromatic nitrogens is 2. The third-order valence-electron chi connectivity index (χ3n) is 1.88. The Morgan fingerprint density at radius 1 is 1.50 bits per heavy atom. The van der Waals surface area contributed by atoms with E-state index in [1.807, 2.05) is 12.3 Å². The van der Waals surface area contributed by atoms with Gasteiger partial charge < -0.3 is 0 Å². The monoisotopic (exact) mass is 208 g/mol. The fourth-order valence-electron chi connectivity index (χ4n) is 1.12. The molecule has 0 aliphatic rings. The van der Waals surface area contributed by atoms with Gasteiger partial charge in [0, 0.05) is 11.6 Å². The SMILES string of the molecule is CCc1csc(-c2ncccc2F)n1. The fourth-order valence-corrected chi connectivity index (χ4v) is 2.02. The maximum absolute atomic E-state index is 13.3. The minimum absolute atomic E-state index is 0.315. The lowest BCUT2D eigenvalue weighted by Crippen LogP contribution is -1.88. The summed E-state index contributed by atoms with van der Waals surface area (Å²) in [6.45, 7) is 2.02. The molecule has 2 aromatic heterocycles. The van der Waals surface area contributed by atoms with Gasteiger partial charge in [-0.05, 0) is 18.6 Å². The van der Waals surface area contributed by atoms with Gasteiger partial charge in [0.15, 0.2) is 5.82 Å². The van der Waals surface area contributed by atoms with Gasteiger partial charge in [0.1, 0.15) is 10.7 Å². The second-order valence-electron chi connectivity index (χ2n) is 2.83. The number of hydrogen-bond donors (Lipinski definition) is 0. The van der Waals surface area contributed by atoms with Crippen LogP contribution in [0.5, 0.6) is 0 Å². The van der Waals surface area contributed by atoms with Gasteiger partial charge in [0.05, 0.1) is 5.69 Å². The van der Waals surface area contributed by atoms with E-state index >= 15 is 0 Å². The van der Waals surface area contributed by atoms with Crippen LogP contribution in [0.4, 0.5) is 4.39 Å². The molecule has 4 heteroatoms. The molecule has 2 heterocycles. The number of thiazole rings is 1. The number of nitrogens with zero attached hydrogens (tertiary/aromatic N) is 2. The minimum atomic E-state index is -0.315. The van der Waals surface area contributed by atoms with Gasteiger partial charge in [0.25, 0.3) is 0 Å². The summed E-state index contributed by atoms with van der Waals surface area (Å²) in [5, 5.41) is 2.59. The molecule has 0 unspecified atom stereocenters. The van der Waals surface area contributed by atoms with Crippen LogP contribution in [0.3, 0.4) is 0 Å². The maximum Gasteiger partial charge on any atom is 0.151 e. The van der Waals surface area contributed by atoms with Crippen molar-refractivity contribution in [2.75, 3.05) is 0 Å². The van der Waals surface area contributed by atoms with Crippen LogP contribution in [0.2, 0.25) is 0 Å². The summed E-state index contributed by atoms with van der Waals surface area (Å²) >= 11 is 1.43. The first kappa shape index (κ1) is 9.27. The average molecular weight is 208 g/mol. The van der Waals surface area contributed by atoms with E-state index in [1.165, 1.54) is 17.4 Å². The van der Waals surface area contributed by atoms with Gasteiger partial charge in [-0.2, -0.15) is 0 Å². The minimum Gasteiger partial charge on any atom is -0.251 e. The Bertz CT molecular complexity index is 439. The Morgan fingerprint density at radius 2 is 2.36 bits per heavy atom. The van der Waals surface area contributed by atoms with E-state index in [9.17, 15) is 4.39 Å². The van der Waals surface area contributed by atoms with Gasteiger partial charge in [-0.1, -0.05) is 6.92 Å². The molecule has 0 radical (unpaired) electrons. The molecule has 0 saturated carbocycles. The highest BCUT2D eigenvalue weighted by Gasteiger charge is 2.09. The molecule has 2 nitrogen and oxygen atoms in total. The summed E-state index contributed by atoms with van der Waals surface area (Å²) in [6, 6.07) is 2.97. The fraction of sp³-hybridized carbons (Fsp3) is 0.200. The van der Waals surface area contributed by atoms with E-state index in [0.29, 0.717) is 10.7 Å². The molecule has 0 saturated heterocycles. The zero-order chi connectivity index (χ0) is 9.97. The summed E-state index contributed by atoms with van der Waals surface area (Å²) in [5.74, 6) is -0.315. The van der Waals surface area contributed by atoms with Crippen molar-refractivity contribution in [2.24, 2.45) is 0 Å². The molecule has 0 amide bonds. The smallest absolute Gasteiger partial charge is 0.151 e. The van der Waals surface area contributed by atoms with Crippen molar-refractivity contribution in [3.63, 3.8) is 0 Å². The van der Waals surface area contributed by atoms with E-state index in [0.717, 1.165) is 12.1 Å². The molecule has 0 N–H and O–H groups in total. The van der Waals surface area contributed by atoms with Crippen LogP contribution in [0.25, 0.3) is 10.7 Å². The number of pyridine rings is 1. The zero-order valence-electron chi connectivity index (χ0n) is 7.70. The first-order valence-corrected chi connectivity index (χ1v) is 5.24. The average Bonchev–Trinajstić information content (AvgIpc) is 2.67. The second-order valence-corrected chi connectivity index (χ2v) is 3.69. The Balaban J connectivity index is 2.44. The van der Waals surface area contributed by atoms with E-state index in [-0.39, 0.29) is 5.82 Å². The lowest BCUT2D eigenvalue weighted by Gasteiger charge is -1.95. The molecule has 0 aliphatic carbocycles. The Kier molecular flexibility index (Phi) is 2.54. The lowest BCUT2D eigenvalue weighted by atomic mass is 10.3. The molecule has 14 heavy (non-hydrogen) atoms. The molecule has 2 aromatic rings. The van der Waals surface area contributed by atoms with Crippen molar-refractivity contribution in [1.29, 1.82) is 0 Å². The topological polar surface area (TPSA) is 25.8 Å². The largest absolute Gasteiger partial charge is 0.251 e. The molecule has 0 bridgehead atoms. The molecular formula is C10H9FN2S. The zero-order valence-corrected chi connectivity index (χ0v) is 8.51. The predicted molar refractivity (Wildman–Crippen MR) is 54.7 cm³/mol. The molecular weight excluding hydrogens is 199 g/mol. The van der Waals surface area contributed by atoms with Crippen LogP contribution in [-0.2, 0) is 6.42 Å². The van der Waals surface area contributed by atoms with Crippen LogP contribution in [0.15, 0.2) is 23.7 Å². The van der Waals surface area contributed by atoms with Crippen molar-refractivity contribution in [1.82, 2.24) is 9.97 Å². The van der Waals surface area contributed by atoms with Crippen molar-refractivity contribution >= 4 is 11.3 Å².